The molecule has 0 aromatic heterocycles. The first kappa shape index (κ1) is 13.1. The van der Waals surface area contributed by atoms with Crippen LogP contribution >= 0.6 is 11.8 Å². The van der Waals surface area contributed by atoms with Crippen molar-refractivity contribution in [1.82, 2.24) is 5.43 Å². The predicted octanol–water partition coefficient (Wildman–Crippen LogP) is 3.02. The second-order valence-electron chi connectivity index (χ2n) is 5.40. The summed E-state index contributed by atoms with van der Waals surface area (Å²) in [6, 6.07) is 10.0. The second-order valence-corrected chi connectivity index (χ2v) is 6.59. The number of hydrogen-bond acceptors (Lipinski definition) is 4. The van der Waals surface area contributed by atoms with Crippen LogP contribution in [0.4, 0.5) is 0 Å². The minimum atomic E-state index is -0.280. The lowest BCUT2D eigenvalue weighted by Crippen LogP contribution is -2.28. The van der Waals surface area contributed by atoms with Crippen LogP contribution in [0.5, 0.6) is 0 Å². The largest absolute Gasteiger partial charge is 0.299 e. The average Bonchev–Trinajstić information content (AvgIpc) is 2.77. The Morgan fingerprint density at radius 1 is 1.33 bits per heavy atom. The minimum absolute atomic E-state index is 0.0620. The van der Waals surface area contributed by atoms with Crippen molar-refractivity contribution in [2.24, 2.45) is 10.5 Å². The van der Waals surface area contributed by atoms with Crippen LogP contribution in [0.15, 0.2) is 35.4 Å². The van der Waals surface area contributed by atoms with E-state index in [1.807, 2.05) is 51.1 Å². The molecular weight excluding hydrogens is 244 g/mol. The number of nitrogens with zero attached hydrogens (tertiary/aromatic N) is 1. The van der Waals surface area contributed by atoms with E-state index < -0.39 is 0 Å². The lowest BCUT2D eigenvalue weighted by atomic mass is 9.89. The summed E-state index contributed by atoms with van der Waals surface area (Å²) in [4.78, 5) is 12.0. The van der Waals surface area contributed by atoms with Crippen molar-refractivity contribution in [2.75, 3.05) is 0 Å². The maximum Gasteiger partial charge on any atom is 0.141 e. The van der Waals surface area contributed by atoms with Gasteiger partial charge in [-0.15, -0.1) is 0 Å². The van der Waals surface area contributed by atoms with E-state index >= 15 is 0 Å². The molecule has 1 aromatic carbocycles. The number of carbonyl (C=O) groups excluding carboxylic acids is 1. The second kappa shape index (κ2) is 5.14. The van der Waals surface area contributed by atoms with E-state index in [1.54, 1.807) is 11.8 Å². The van der Waals surface area contributed by atoms with Gasteiger partial charge in [0.15, 0.2) is 0 Å². The van der Waals surface area contributed by atoms with Crippen molar-refractivity contribution < 1.29 is 4.79 Å². The Morgan fingerprint density at radius 2 is 2.00 bits per heavy atom. The molecule has 1 heterocycles. The number of hydrazone groups is 1. The molecule has 0 radical (unpaired) electrons. The number of nitrogens with one attached hydrogen (secondary N) is 1. The van der Waals surface area contributed by atoms with Crippen LogP contribution in [0, 0.1) is 5.41 Å². The van der Waals surface area contributed by atoms with Crippen LogP contribution in [0.25, 0.3) is 0 Å². The third-order valence-corrected chi connectivity index (χ3v) is 3.90. The Bertz CT molecular complexity index is 462. The number of thioether (sulfide) groups is 1. The molecule has 0 aliphatic carbocycles. The number of carbonyl (C=O) groups is 1. The van der Waals surface area contributed by atoms with E-state index in [0.717, 1.165) is 10.6 Å². The molecule has 4 heteroatoms. The maximum atomic E-state index is 12.0. The normalized spacial score (nSPS) is 19.3. The fraction of sp³-hybridized carbons (Fsp3) is 0.429. The highest BCUT2D eigenvalue weighted by Gasteiger charge is 2.28. The lowest BCUT2D eigenvalue weighted by molar-refractivity contribution is -0.126. The Balaban J connectivity index is 1.94. The zero-order valence-corrected chi connectivity index (χ0v) is 11.8. The van der Waals surface area contributed by atoms with Gasteiger partial charge in [-0.3, -0.25) is 10.2 Å². The van der Waals surface area contributed by atoms with Crippen molar-refractivity contribution in [2.45, 2.75) is 32.6 Å². The van der Waals surface area contributed by atoms with Gasteiger partial charge >= 0.3 is 0 Å². The first-order valence-electron chi connectivity index (χ1n) is 6.05. The van der Waals surface area contributed by atoms with Gasteiger partial charge in [0.2, 0.25) is 0 Å². The quantitative estimate of drug-likeness (QED) is 0.910. The first-order valence-corrected chi connectivity index (χ1v) is 6.93. The molecule has 0 fully saturated rings. The van der Waals surface area contributed by atoms with Gasteiger partial charge in [-0.2, -0.15) is 5.10 Å². The third kappa shape index (κ3) is 3.13. The maximum absolute atomic E-state index is 12.0. The summed E-state index contributed by atoms with van der Waals surface area (Å²) in [7, 11) is 0. The summed E-state index contributed by atoms with van der Waals surface area (Å²) in [6.45, 7) is 5.86. The minimum Gasteiger partial charge on any atom is -0.299 e. The molecule has 0 saturated carbocycles. The molecular formula is C14H18N2OS. The molecule has 1 aliphatic rings. The van der Waals surface area contributed by atoms with E-state index in [4.69, 9.17) is 0 Å². The number of Topliss-reactive ketones (excluding diaryl/α,β-unsaturated/α-hetero) is 1. The molecule has 1 unspecified atom stereocenters. The highest BCUT2D eigenvalue weighted by atomic mass is 32.2. The van der Waals surface area contributed by atoms with E-state index in [-0.39, 0.29) is 16.6 Å². The average molecular weight is 262 g/mol. The van der Waals surface area contributed by atoms with Crippen LogP contribution in [0.3, 0.4) is 0 Å². The monoisotopic (exact) mass is 262 g/mol. The highest BCUT2D eigenvalue weighted by molar-refractivity contribution is 8.15. The molecule has 18 heavy (non-hydrogen) atoms. The van der Waals surface area contributed by atoms with Gasteiger partial charge in [0.25, 0.3) is 0 Å². The standard InChI is InChI=1S/C14H18N2OS/c1-14(2,3)11(17)9-12-15-16-13(18-12)10-7-5-4-6-8-10/h4-8,12,15H,9H2,1-3H3. The Labute approximate surface area is 112 Å². The van der Waals surface area contributed by atoms with Gasteiger partial charge in [-0.25, -0.2) is 0 Å². The summed E-state index contributed by atoms with van der Waals surface area (Å²) in [6.07, 6.45) is 0.508. The highest BCUT2D eigenvalue weighted by Crippen LogP contribution is 2.27. The molecule has 1 N–H and O–H groups in total. The van der Waals surface area contributed by atoms with Crippen LogP contribution in [-0.4, -0.2) is 16.2 Å². The molecule has 2 rings (SSSR count). The summed E-state index contributed by atoms with van der Waals surface area (Å²) in [5, 5.41) is 5.32. The molecule has 3 nitrogen and oxygen atoms in total. The fourth-order valence-electron chi connectivity index (χ4n) is 1.59. The number of ketones is 1. The van der Waals surface area contributed by atoms with Crippen molar-refractivity contribution in [3.63, 3.8) is 0 Å². The van der Waals surface area contributed by atoms with Crippen molar-refractivity contribution in [1.29, 1.82) is 0 Å². The van der Waals surface area contributed by atoms with Crippen molar-refractivity contribution >= 4 is 22.6 Å². The number of hydrogen-bond donors (Lipinski definition) is 1. The van der Waals surface area contributed by atoms with Gasteiger partial charge < -0.3 is 0 Å². The summed E-state index contributed by atoms with van der Waals surface area (Å²) in [5.41, 5.74) is 3.86. The predicted molar refractivity (Wildman–Crippen MR) is 76.6 cm³/mol. The molecule has 96 valence electrons. The molecule has 1 aromatic rings. The van der Waals surface area contributed by atoms with Crippen LogP contribution in [0.2, 0.25) is 0 Å². The van der Waals surface area contributed by atoms with E-state index in [1.165, 1.54) is 0 Å². The molecule has 0 amide bonds. The Kier molecular flexibility index (Phi) is 3.76. The van der Waals surface area contributed by atoms with Crippen LogP contribution in [-0.2, 0) is 4.79 Å². The third-order valence-electron chi connectivity index (χ3n) is 2.79. The summed E-state index contributed by atoms with van der Waals surface area (Å²) in [5.74, 6) is 0.261. The summed E-state index contributed by atoms with van der Waals surface area (Å²) < 4.78 is 0. The Morgan fingerprint density at radius 3 is 2.61 bits per heavy atom. The Hall–Kier alpha value is -1.29. The smallest absolute Gasteiger partial charge is 0.141 e. The van der Waals surface area contributed by atoms with Crippen LogP contribution in [0.1, 0.15) is 32.8 Å². The van der Waals surface area contributed by atoms with Crippen molar-refractivity contribution in [3.05, 3.63) is 35.9 Å². The van der Waals surface area contributed by atoms with E-state index in [9.17, 15) is 4.79 Å². The molecule has 0 spiro atoms. The number of benzene rings is 1. The van der Waals surface area contributed by atoms with Gasteiger partial charge in [0.1, 0.15) is 16.2 Å². The van der Waals surface area contributed by atoms with E-state index in [2.05, 4.69) is 10.5 Å². The fourth-order valence-corrected chi connectivity index (χ4v) is 2.58. The molecule has 1 atom stereocenters. The van der Waals surface area contributed by atoms with Gasteiger partial charge in [0, 0.05) is 17.4 Å². The SMILES string of the molecule is CC(C)(C)C(=O)CC1NN=C(c2ccccc2)S1. The molecule has 0 saturated heterocycles. The van der Waals surface area contributed by atoms with E-state index in [0.29, 0.717) is 6.42 Å². The van der Waals surface area contributed by atoms with Gasteiger partial charge in [0.05, 0.1) is 0 Å². The molecule has 1 aliphatic heterocycles. The van der Waals surface area contributed by atoms with Crippen LogP contribution < -0.4 is 5.43 Å². The topological polar surface area (TPSA) is 41.5 Å². The summed E-state index contributed by atoms with van der Waals surface area (Å²) >= 11 is 1.63. The first-order chi connectivity index (χ1) is 8.47. The van der Waals surface area contributed by atoms with Gasteiger partial charge in [-0.1, -0.05) is 62.9 Å². The lowest BCUT2D eigenvalue weighted by Gasteiger charge is -2.18. The zero-order valence-electron chi connectivity index (χ0n) is 10.9. The van der Waals surface area contributed by atoms with Gasteiger partial charge in [-0.05, 0) is 0 Å². The molecule has 0 bridgehead atoms. The number of rotatable bonds is 3. The van der Waals surface area contributed by atoms with Crippen molar-refractivity contribution in [3.8, 4) is 0 Å². The zero-order chi connectivity index (χ0) is 13.2.